The van der Waals surface area contributed by atoms with Gasteiger partial charge in [-0.15, -0.1) is 0 Å². The van der Waals surface area contributed by atoms with Crippen LogP contribution in [0, 0.1) is 0 Å². The molecule has 0 saturated heterocycles. The van der Waals surface area contributed by atoms with Gasteiger partial charge >= 0.3 is 37.1 Å². The third kappa shape index (κ3) is 30.8. The third-order valence-electron chi connectivity index (χ3n) is 1.90. The molecule has 0 saturated carbocycles. The van der Waals surface area contributed by atoms with Gasteiger partial charge in [0, 0.05) is 37.2 Å². The van der Waals surface area contributed by atoms with Crippen molar-refractivity contribution < 1.29 is 112 Å². The van der Waals surface area contributed by atoms with Crippen LogP contribution in [0.5, 0.6) is 0 Å². The zero-order valence-electron chi connectivity index (χ0n) is 14.0. The Kier molecular flexibility index (Phi) is 26.7. The predicted octanol–water partition coefficient (Wildman–Crippen LogP) is -11.3. The molecule has 0 rings (SSSR count). The van der Waals surface area contributed by atoms with E-state index in [0.717, 1.165) is 0 Å². The van der Waals surface area contributed by atoms with E-state index < -0.39 is 73.4 Å². The van der Waals surface area contributed by atoms with Crippen LogP contribution in [0.2, 0.25) is 0 Å². The second-order valence-corrected chi connectivity index (χ2v) is 4.23. The van der Waals surface area contributed by atoms with Crippen LogP contribution in [0.4, 0.5) is 0 Å². The minimum absolute atomic E-state index is 0. The van der Waals surface area contributed by atoms with E-state index in [1.165, 1.54) is 0 Å². The molecule has 0 amide bonds. The molecule has 17 heteroatoms. The summed E-state index contributed by atoms with van der Waals surface area (Å²) < 4.78 is 0. The van der Waals surface area contributed by atoms with Crippen LogP contribution < -0.4 is 30.6 Å². The summed E-state index contributed by atoms with van der Waals surface area (Å²) >= 11 is 0. The Bertz CT molecular complexity index is 473. The quantitative estimate of drug-likeness (QED) is 0.266. The Balaban J connectivity index is -0.0000000960. The molecular formula is C12H12O15V2. The van der Waals surface area contributed by atoms with Crippen molar-refractivity contribution in [2.45, 2.75) is 37.6 Å². The van der Waals surface area contributed by atoms with Crippen LogP contribution in [-0.2, 0) is 65.9 Å². The van der Waals surface area contributed by atoms with Crippen LogP contribution in [0.1, 0.15) is 19.3 Å². The molecular weight excluding hydrogens is 486 g/mol. The number of hydrogen-bond donors (Lipinski definition) is 3. The fourth-order valence-electron chi connectivity index (χ4n) is 0.724. The third-order valence-corrected chi connectivity index (χ3v) is 1.90. The van der Waals surface area contributed by atoms with Gasteiger partial charge in [-0.25, -0.2) is 0 Å². The van der Waals surface area contributed by atoms with Crippen molar-refractivity contribution in [3.63, 3.8) is 0 Å². The normalized spacial score (nSPS) is 11.7. The molecule has 0 spiro atoms. The van der Waals surface area contributed by atoms with Gasteiger partial charge in [0.15, 0.2) is 0 Å². The molecule has 0 aromatic carbocycles. The van der Waals surface area contributed by atoms with E-state index in [1.807, 2.05) is 0 Å². The number of rotatable bonds is 9. The van der Waals surface area contributed by atoms with E-state index in [0.29, 0.717) is 0 Å². The number of hydrogen-bond acceptors (Lipinski definition) is 15. The minimum atomic E-state index is -1.96. The summed E-state index contributed by atoms with van der Waals surface area (Å²) in [6.45, 7) is 0. The first-order chi connectivity index (χ1) is 12.1. The smallest absolute Gasteiger partial charge is 0.550 e. The number of carbonyl (C=O) groups is 6. The largest absolute Gasteiger partial charge is 3.00 e. The minimum Gasteiger partial charge on any atom is -0.550 e. The number of carboxylic acids is 6. The molecule has 0 fully saturated rings. The summed E-state index contributed by atoms with van der Waals surface area (Å²) in [4.78, 5) is 57.4. The van der Waals surface area contributed by atoms with Gasteiger partial charge in [0.1, 0.15) is 0 Å². The van der Waals surface area contributed by atoms with Gasteiger partial charge in [-0.05, 0) is 0 Å². The topological polar surface area (TPSA) is 301 Å². The Morgan fingerprint density at radius 1 is 0.483 bits per heavy atom. The van der Waals surface area contributed by atoms with Crippen molar-refractivity contribution in [1.29, 1.82) is 0 Å². The van der Waals surface area contributed by atoms with Crippen molar-refractivity contribution in [2.75, 3.05) is 0 Å². The van der Waals surface area contributed by atoms with Crippen molar-refractivity contribution in [2.24, 2.45) is 0 Å². The molecule has 0 aromatic rings. The van der Waals surface area contributed by atoms with Crippen LogP contribution >= 0.6 is 0 Å². The number of aliphatic carboxylic acids is 6. The maximum Gasteiger partial charge on any atom is 3.00 e. The van der Waals surface area contributed by atoms with Crippen molar-refractivity contribution in [1.82, 2.24) is 0 Å². The summed E-state index contributed by atoms with van der Waals surface area (Å²) in [5.74, 6) is -10.3. The molecule has 0 bridgehead atoms. The molecule has 160 valence electrons. The molecule has 29 heavy (non-hydrogen) atoms. The summed E-state index contributed by atoms with van der Waals surface area (Å²) in [6, 6.07) is 0. The maximum absolute atomic E-state index is 9.58. The van der Waals surface area contributed by atoms with Crippen LogP contribution in [-0.4, -0.2) is 69.4 Å². The van der Waals surface area contributed by atoms with Crippen LogP contribution in [0.3, 0.4) is 0 Å². The molecule has 15 nitrogen and oxygen atoms in total. The van der Waals surface area contributed by atoms with Gasteiger partial charge in [0.25, 0.3) is 0 Å². The zero-order chi connectivity index (χ0) is 22.3. The standard InChI is InChI=1S/3C4H6O5.2V/c3*5-2(4(8)9)1-3(6)7;;/h3*2,5H,1H2,(H,6,7)(H,8,9);;/q;;;2*+3/p-6. The average Bonchev–Trinajstić information content (AvgIpc) is 2.46. The Morgan fingerprint density at radius 3 is 0.655 bits per heavy atom. The first-order valence-corrected chi connectivity index (χ1v) is 6.38. The van der Waals surface area contributed by atoms with Crippen LogP contribution in [0.25, 0.3) is 0 Å². The molecule has 3 atom stereocenters. The first-order valence-electron chi connectivity index (χ1n) is 6.38. The van der Waals surface area contributed by atoms with Crippen molar-refractivity contribution in [3.8, 4) is 0 Å². The molecule has 3 N–H and O–H groups in total. The second-order valence-electron chi connectivity index (χ2n) is 4.23. The van der Waals surface area contributed by atoms with Crippen LogP contribution in [0.15, 0.2) is 0 Å². The molecule has 0 aliphatic rings. The van der Waals surface area contributed by atoms with Gasteiger partial charge in [-0.2, -0.15) is 0 Å². The van der Waals surface area contributed by atoms with Crippen molar-refractivity contribution >= 4 is 35.8 Å². The molecule has 0 aromatic heterocycles. The predicted molar refractivity (Wildman–Crippen MR) is 61.9 cm³/mol. The fourth-order valence-corrected chi connectivity index (χ4v) is 0.724. The average molecular weight is 498 g/mol. The summed E-state index contributed by atoms with van der Waals surface area (Å²) in [6.07, 6.45) is -8.67. The molecule has 0 aliphatic carbocycles. The molecule has 3 unspecified atom stereocenters. The summed E-state index contributed by atoms with van der Waals surface area (Å²) in [5.41, 5.74) is 0. The number of aliphatic hydroxyl groups is 3. The Labute approximate surface area is 185 Å². The number of carbonyl (C=O) groups excluding carboxylic acids is 6. The first kappa shape index (κ1) is 37.6. The van der Waals surface area contributed by atoms with Gasteiger partial charge < -0.3 is 74.7 Å². The van der Waals surface area contributed by atoms with Crippen molar-refractivity contribution in [3.05, 3.63) is 0 Å². The SMILES string of the molecule is O=C([O-])CC(O)C(=O)[O-].O=C([O-])CC(O)C(=O)[O-].O=C([O-])CC(O)C(=O)[O-].[V+3].[V+3]. The van der Waals surface area contributed by atoms with Gasteiger partial charge in [0.2, 0.25) is 0 Å². The molecule has 0 radical (unpaired) electrons. The second kappa shape index (κ2) is 20.6. The van der Waals surface area contributed by atoms with Gasteiger partial charge in [-0.1, -0.05) is 0 Å². The maximum atomic E-state index is 9.58. The summed E-state index contributed by atoms with van der Waals surface area (Å²) in [7, 11) is 0. The summed E-state index contributed by atoms with van der Waals surface area (Å²) in [5, 5.41) is 82.0. The van der Waals surface area contributed by atoms with Gasteiger partial charge in [-0.3, -0.25) is 0 Å². The van der Waals surface area contributed by atoms with E-state index in [2.05, 4.69) is 0 Å². The van der Waals surface area contributed by atoms with E-state index in [1.54, 1.807) is 0 Å². The Hall–Kier alpha value is -2.13. The van der Waals surface area contributed by atoms with Gasteiger partial charge in [0.05, 0.1) is 36.2 Å². The monoisotopic (exact) mass is 498 g/mol. The van der Waals surface area contributed by atoms with E-state index in [4.69, 9.17) is 15.3 Å². The molecule has 0 aliphatic heterocycles. The number of carboxylic acid groups (broad SMARTS) is 6. The van der Waals surface area contributed by atoms with E-state index in [-0.39, 0.29) is 37.1 Å². The number of aliphatic hydroxyl groups excluding tert-OH is 3. The van der Waals surface area contributed by atoms with E-state index in [9.17, 15) is 59.4 Å². The van der Waals surface area contributed by atoms with E-state index >= 15 is 0 Å². The Morgan fingerprint density at radius 2 is 0.621 bits per heavy atom. The fraction of sp³-hybridized carbons (Fsp3) is 0.500. The zero-order valence-corrected chi connectivity index (χ0v) is 16.8. The molecule has 0 heterocycles.